The number of hydrogen-bond acceptors (Lipinski definition) is 1. The first-order chi connectivity index (χ1) is 6.88. The lowest BCUT2D eigenvalue weighted by Gasteiger charge is -2.04. The van der Waals surface area contributed by atoms with E-state index in [1.807, 2.05) is 7.05 Å². The Hall–Kier alpha value is -1.08. The van der Waals surface area contributed by atoms with Crippen LogP contribution in [0.1, 0.15) is 30.9 Å². The van der Waals surface area contributed by atoms with Gasteiger partial charge >= 0.3 is 0 Å². The minimum absolute atomic E-state index is 0.937. The van der Waals surface area contributed by atoms with E-state index in [4.69, 9.17) is 0 Å². The fourth-order valence-electron chi connectivity index (χ4n) is 1.43. The second kappa shape index (κ2) is 6.39. The zero-order valence-corrected chi connectivity index (χ0v) is 9.09. The Morgan fingerprint density at radius 2 is 2.07 bits per heavy atom. The summed E-state index contributed by atoms with van der Waals surface area (Å²) in [6.45, 7) is 3.14. The maximum absolute atomic E-state index is 3.18. The standard InChI is InChI=1S/C13H19N/c1-3-4-5-8-12-9-6-7-10-13(12)11-14-2/h5-10,14H,3-4,11H2,1-2H3/b8-5-. The van der Waals surface area contributed by atoms with Crippen molar-refractivity contribution in [2.75, 3.05) is 7.05 Å². The molecule has 0 aliphatic carbocycles. The third-order valence-corrected chi connectivity index (χ3v) is 2.18. The highest BCUT2D eigenvalue weighted by Gasteiger charge is 1.95. The third-order valence-electron chi connectivity index (χ3n) is 2.18. The van der Waals surface area contributed by atoms with E-state index in [1.165, 1.54) is 17.5 Å². The van der Waals surface area contributed by atoms with Gasteiger partial charge in [-0.25, -0.2) is 0 Å². The molecule has 1 rings (SSSR count). The number of allylic oxidation sites excluding steroid dienone is 1. The van der Waals surface area contributed by atoms with Crippen molar-refractivity contribution in [1.82, 2.24) is 5.32 Å². The molecule has 0 saturated carbocycles. The van der Waals surface area contributed by atoms with Gasteiger partial charge in [-0.05, 0) is 24.6 Å². The number of unbranched alkanes of at least 4 members (excludes halogenated alkanes) is 1. The third kappa shape index (κ3) is 3.35. The van der Waals surface area contributed by atoms with Gasteiger partial charge in [0.05, 0.1) is 0 Å². The summed E-state index contributed by atoms with van der Waals surface area (Å²) in [5.74, 6) is 0. The van der Waals surface area contributed by atoms with E-state index in [1.54, 1.807) is 0 Å². The molecule has 14 heavy (non-hydrogen) atoms. The van der Waals surface area contributed by atoms with E-state index < -0.39 is 0 Å². The molecule has 1 aromatic rings. The van der Waals surface area contributed by atoms with Gasteiger partial charge in [0.1, 0.15) is 0 Å². The first-order valence-corrected chi connectivity index (χ1v) is 5.27. The van der Waals surface area contributed by atoms with Crippen molar-refractivity contribution in [2.24, 2.45) is 0 Å². The molecule has 1 nitrogen and oxygen atoms in total. The number of rotatable bonds is 5. The predicted molar refractivity (Wildman–Crippen MR) is 63.1 cm³/mol. The second-order valence-electron chi connectivity index (χ2n) is 3.42. The van der Waals surface area contributed by atoms with E-state index in [2.05, 4.69) is 48.7 Å². The van der Waals surface area contributed by atoms with Gasteiger partial charge in [-0.3, -0.25) is 0 Å². The molecule has 1 N–H and O–H groups in total. The minimum atomic E-state index is 0.937. The molecule has 0 saturated heterocycles. The smallest absolute Gasteiger partial charge is 0.0208 e. The summed E-state index contributed by atoms with van der Waals surface area (Å²) in [7, 11) is 1.98. The lowest BCUT2D eigenvalue weighted by Crippen LogP contribution is -2.06. The normalized spacial score (nSPS) is 11.0. The summed E-state index contributed by atoms with van der Waals surface area (Å²) in [5, 5.41) is 3.18. The van der Waals surface area contributed by atoms with Gasteiger partial charge in [0, 0.05) is 6.54 Å². The number of benzene rings is 1. The molecular formula is C13H19N. The molecule has 1 heteroatoms. The van der Waals surface area contributed by atoms with Crippen LogP contribution in [0.25, 0.3) is 6.08 Å². The monoisotopic (exact) mass is 189 g/mol. The van der Waals surface area contributed by atoms with Crippen LogP contribution >= 0.6 is 0 Å². The van der Waals surface area contributed by atoms with Crippen LogP contribution in [0.4, 0.5) is 0 Å². The zero-order valence-electron chi connectivity index (χ0n) is 9.09. The topological polar surface area (TPSA) is 12.0 Å². The van der Waals surface area contributed by atoms with Gasteiger partial charge in [0.15, 0.2) is 0 Å². The van der Waals surface area contributed by atoms with Crippen LogP contribution in [-0.2, 0) is 6.54 Å². The highest BCUT2D eigenvalue weighted by atomic mass is 14.8. The fraction of sp³-hybridized carbons (Fsp3) is 0.385. The summed E-state index contributed by atoms with van der Waals surface area (Å²) >= 11 is 0. The molecule has 0 unspecified atom stereocenters. The van der Waals surface area contributed by atoms with Gasteiger partial charge in [-0.2, -0.15) is 0 Å². The summed E-state index contributed by atoms with van der Waals surface area (Å²) in [4.78, 5) is 0. The molecule has 0 radical (unpaired) electrons. The average molecular weight is 189 g/mol. The Balaban J connectivity index is 2.73. The molecule has 0 spiro atoms. The van der Waals surface area contributed by atoms with E-state index in [0.29, 0.717) is 0 Å². The number of nitrogens with one attached hydrogen (secondary N) is 1. The van der Waals surface area contributed by atoms with Gasteiger partial charge < -0.3 is 5.32 Å². The van der Waals surface area contributed by atoms with Gasteiger partial charge in [0.2, 0.25) is 0 Å². The van der Waals surface area contributed by atoms with Crippen LogP contribution < -0.4 is 5.32 Å². The van der Waals surface area contributed by atoms with Gasteiger partial charge in [-0.1, -0.05) is 49.8 Å². The SMILES string of the molecule is CCC/C=C\c1ccccc1CNC. The van der Waals surface area contributed by atoms with Gasteiger partial charge in [-0.15, -0.1) is 0 Å². The lowest BCUT2D eigenvalue weighted by atomic mass is 10.1. The Morgan fingerprint density at radius 3 is 2.79 bits per heavy atom. The fourth-order valence-corrected chi connectivity index (χ4v) is 1.43. The van der Waals surface area contributed by atoms with Crippen LogP contribution in [0.15, 0.2) is 30.3 Å². The van der Waals surface area contributed by atoms with E-state index >= 15 is 0 Å². The van der Waals surface area contributed by atoms with Crippen molar-refractivity contribution >= 4 is 6.08 Å². The summed E-state index contributed by atoms with van der Waals surface area (Å²) < 4.78 is 0. The molecule has 76 valence electrons. The summed E-state index contributed by atoms with van der Waals surface area (Å²) in [6.07, 6.45) is 6.84. The molecule has 0 fully saturated rings. The summed E-state index contributed by atoms with van der Waals surface area (Å²) in [6, 6.07) is 8.51. The van der Waals surface area contributed by atoms with Crippen molar-refractivity contribution in [1.29, 1.82) is 0 Å². The maximum atomic E-state index is 3.18. The molecule has 0 aliphatic rings. The highest BCUT2D eigenvalue weighted by Crippen LogP contribution is 2.11. The van der Waals surface area contributed by atoms with Crippen LogP contribution in [0.5, 0.6) is 0 Å². The second-order valence-corrected chi connectivity index (χ2v) is 3.42. The first kappa shape index (κ1) is 11.0. The van der Waals surface area contributed by atoms with Crippen LogP contribution in [-0.4, -0.2) is 7.05 Å². The van der Waals surface area contributed by atoms with E-state index in [0.717, 1.165) is 13.0 Å². The minimum Gasteiger partial charge on any atom is -0.316 e. The van der Waals surface area contributed by atoms with Crippen molar-refractivity contribution < 1.29 is 0 Å². The molecule has 1 aromatic carbocycles. The van der Waals surface area contributed by atoms with Crippen molar-refractivity contribution in [3.63, 3.8) is 0 Å². The largest absolute Gasteiger partial charge is 0.316 e. The van der Waals surface area contributed by atoms with E-state index in [-0.39, 0.29) is 0 Å². The van der Waals surface area contributed by atoms with E-state index in [9.17, 15) is 0 Å². The predicted octanol–water partition coefficient (Wildman–Crippen LogP) is 3.22. The molecule has 0 heterocycles. The van der Waals surface area contributed by atoms with Crippen LogP contribution in [0.3, 0.4) is 0 Å². The molecule has 0 amide bonds. The molecular weight excluding hydrogens is 170 g/mol. The highest BCUT2D eigenvalue weighted by molar-refractivity contribution is 5.53. The van der Waals surface area contributed by atoms with Crippen LogP contribution in [0.2, 0.25) is 0 Å². The summed E-state index contributed by atoms with van der Waals surface area (Å²) in [5.41, 5.74) is 2.69. The van der Waals surface area contributed by atoms with Crippen molar-refractivity contribution in [3.8, 4) is 0 Å². The zero-order chi connectivity index (χ0) is 10.2. The average Bonchev–Trinajstić information content (AvgIpc) is 2.21. The Morgan fingerprint density at radius 1 is 1.29 bits per heavy atom. The van der Waals surface area contributed by atoms with Crippen molar-refractivity contribution in [3.05, 3.63) is 41.5 Å². The molecule has 0 aromatic heterocycles. The molecule has 0 bridgehead atoms. The Kier molecular flexibility index (Phi) is 5.02. The maximum Gasteiger partial charge on any atom is 0.0208 e. The Bertz CT molecular complexity index is 289. The number of hydrogen-bond donors (Lipinski definition) is 1. The van der Waals surface area contributed by atoms with Crippen LogP contribution in [0, 0.1) is 0 Å². The van der Waals surface area contributed by atoms with Gasteiger partial charge in [0.25, 0.3) is 0 Å². The Labute approximate surface area is 86.8 Å². The quantitative estimate of drug-likeness (QED) is 0.750. The first-order valence-electron chi connectivity index (χ1n) is 5.27. The molecule has 0 aliphatic heterocycles. The van der Waals surface area contributed by atoms with Crippen molar-refractivity contribution in [2.45, 2.75) is 26.3 Å². The molecule has 0 atom stereocenters. The lowest BCUT2D eigenvalue weighted by molar-refractivity contribution is 0.816.